The number of nitrogens with zero attached hydrogens (tertiary/aromatic N) is 5. The average molecular weight is 422 g/mol. The molecule has 0 saturated heterocycles. The van der Waals surface area contributed by atoms with E-state index in [-0.39, 0.29) is 5.69 Å². The van der Waals surface area contributed by atoms with Crippen molar-refractivity contribution in [3.05, 3.63) is 60.4 Å². The van der Waals surface area contributed by atoms with Gasteiger partial charge in [-0.1, -0.05) is 0 Å². The quantitative estimate of drug-likeness (QED) is 0.479. The van der Waals surface area contributed by atoms with Crippen molar-refractivity contribution < 1.29 is 13.9 Å². The van der Waals surface area contributed by atoms with Crippen LogP contribution in [-0.2, 0) is 7.05 Å². The Balaban J connectivity index is 1.64. The van der Waals surface area contributed by atoms with Gasteiger partial charge in [0.2, 0.25) is 5.95 Å². The molecule has 0 aliphatic carbocycles. The summed E-state index contributed by atoms with van der Waals surface area (Å²) in [5.74, 6) is 1.71. The van der Waals surface area contributed by atoms with Crippen LogP contribution in [0.4, 0.5) is 16.0 Å². The van der Waals surface area contributed by atoms with E-state index in [1.165, 1.54) is 6.07 Å². The van der Waals surface area contributed by atoms with Gasteiger partial charge < -0.3 is 19.4 Å². The molecule has 0 aliphatic heterocycles. The summed E-state index contributed by atoms with van der Waals surface area (Å²) in [4.78, 5) is 8.79. The van der Waals surface area contributed by atoms with E-state index in [4.69, 9.17) is 9.47 Å². The third-order valence-electron chi connectivity index (χ3n) is 4.69. The number of hydrogen-bond acceptors (Lipinski definition) is 6. The fourth-order valence-corrected chi connectivity index (χ4v) is 3.18. The summed E-state index contributed by atoms with van der Waals surface area (Å²) in [7, 11) is 3.35. The summed E-state index contributed by atoms with van der Waals surface area (Å²) in [5, 5.41) is 7.45. The molecule has 160 valence electrons. The molecule has 0 amide bonds. The number of anilines is 2. The average Bonchev–Trinajstić information content (AvgIpc) is 3.36. The summed E-state index contributed by atoms with van der Waals surface area (Å²) in [6.45, 7) is 4.30. The topological polar surface area (TPSA) is 79.0 Å². The summed E-state index contributed by atoms with van der Waals surface area (Å²) in [6.07, 6.45) is 3.66. The molecule has 0 spiro atoms. The first-order valence-electron chi connectivity index (χ1n) is 9.78. The number of rotatable bonds is 7. The number of ether oxygens (including phenoxy) is 2. The molecule has 0 unspecified atom stereocenters. The number of benzene rings is 2. The molecule has 0 atom stereocenters. The van der Waals surface area contributed by atoms with Gasteiger partial charge in [0.1, 0.15) is 17.3 Å². The second kappa shape index (κ2) is 8.47. The van der Waals surface area contributed by atoms with Crippen LogP contribution in [-0.4, -0.2) is 38.0 Å². The first-order valence-corrected chi connectivity index (χ1v) is 9.78. The second-order valence-electron chi connectivity index (χ2n) is 6.89. The highest BCUT2D eigenvalue weighted by Crippen LogP contribution is 2.30. The Labute approximate surface area is 179 Å². The molecule has 9 heteroatoms. The summed E-state index contributed by atoms with van der Waals surface area (Å²) < 4.78 is 28.7. The Morgan fingerprint density at radius 3 is 2.71 bits per heavy atom. The van der Waals surface area contributed by atoms with Gasteiger partial charge in [0, 0.05) is 24.9 Å². The Morgan fingerprint density at radius 1 is 1.16 bits per heavy atom. The van der Waals surface area contributed by atoms with Gasteiger partial charge in [-0.25, -0.2) is 14.1 Å². The highest BCUT2D eigenvalue weighted by molar-refractivity contribution is 5.65. The van der Waals surface area contributed by atoms with Crippen LogP contribution in [0.2, 0.25) is 0 Å². The van der Waals surface area contributed by atoms with Gasteiger partial charge in [0.05, 0.1) is 37.1 Å². The molecule has 2 aromatic carbocycles. The molecule has 0 radical (unpaired) electrons. The SMILES string of the molecule is CCOc1ccc(F)c(Nc2nc(-c3ccc(-n4cnc(C)c4)c(OC)c3)nn2C)c1. The van der Waals surface area contributed by atoms with Crippen molar-refractivity contribution in [2.75, 3.05) is 19.0 Å². The fourth-order valence-electron chi connectivity index (χ4n) is 3.18. The molecule has 0 aliphatic rings. The molecule has 4 rings (SSSR count). The minimum Gasteiger partial charge on any atom is -0.495 e. The predicted octanol–water partition coefficient (Wildman–Crippen LogP) is 4.27. The van der Waals surface area contributed by atoms with E-state index in [2.05, 4.69) is 20.4 Å². The van der Waals surface area contributed by atoms with E-state index < -0.39 is 5.82 Å². The van der Waals surface area contributed by atoms with Crippen LogP contribution >= 0.6 is 0 Å². The molecule has 0 fully saturated rings. The molecule has 4 aromatic rings. The van der Waals surface area contributed by atoms with Crippen LogP contribution in [0, 0.1) is 12.7 Å². The van der Waals surface area contributed by atoms with Gasteiger partial charge >= 0.3 is 0 Å². The molecule has 1 N–H and O–H groups in total. The molecule has 0 bridgehead atoms. The maximum atomic E-state index is 14.3. The minimum absolute atomic E-state index is 0.261. The zero-order chi connectivity index (χ0) is 22.0. The van der Waals surface area contributed by atoms with Gasteiger partial charge in [-0.2, -0.15) is 4.98 Å². The van der Waals surface area contributed by atoms with Gasteiger partial charge in [-0.3, -0.25) is 0 Å². The Hall–Kier alpha value is -3.88. The first-order chi connectivity index (χ1) is 15.0. The van der Waals surface area contributed by atoms with E-state index in [1.807, 2.05) is 42.8 Å². The number of aromatic nitrogens is 5. The second-order valence-corrected chi connectivity index (χ2v) is 6.89. The standard InChI is InChI=1S/C22H23FN6O2/c1-5-31-16-7-8-17(23)18(11-16)25-22-26-21(27-28(22)3)15-6-9-19(20(10-15)30-4)29-12-14(2)24-13-29/h6-13H,5H2,1-4H3,(H,25,26,27). The highest BCUT2D eigenvalue weighted by atomic mass is 19.1. The lowest BCUT2D eigenvalue weighted by atomic mass is 10.1. The van der Waals surface area contributed by atoms with Crippen molar-refractivity contribution in [1.82, 2.24) is 24.3 Å². The Kier molecular flexibility index (Phi) is 5.57. The molecule has 2 aromatic heterocycles. The van der Waals surface area contributed by atoms with Crippen LogP contribution in [0.3, 0.4) is 0 Å². The minimum atomic E-state index is -0.408. The van der Waals surface area contributed by atoms with E-state index in [9.17, 15) is 4.39 Å². The number of imidazole rings is 1. The molecular weight excluding hydrogens is 399 g/mol. The van der Waals surface area contributed by atoms with Crippen molar-refractivity contribution in [2.24, 2.45) is 7.05 Å². The maximum Gasteiger partial charge on any atom is 0.226 e. The van der Waals surface area contributed by atoms with Crippen LogP contribution in [0.5, 0.6) is 11.5 Å². The molecule has 0 saturated carbocycles. The summed E-state index contributed by atoms with van der Waals surface area (Å²) >= 11 is 0. The highest BCUT2D eigenvalue weighted by Gasteiger charge is 2.15. The van der Waals surface area contributed by atoms with Gasteiger partial charge in [-0.15, -0.1) is 5.10 Å². The van der Waals surface area contributed by atoms with Crippen molar-refractivity contribution >= 4 is 11.6 Å². The first kappa shape index (κ1) is 20.4. The number of halogens is 1. The predicted molar refractivity (Wildman–Crippen MR) is 116 cm³/mol. The monoisotopic (exact) mass is 422 g/mol. The zero-order valence-corrected chi connectivity index (χ0v) is 17.8. The Bertz CT molecular complexity index is 1220. The van der Waals surface area contributed by atoms with Crippen LogP contribution in [0.15, 0.2) is 48.9 Å². The molecule has 2 heterocycles. The number of methoxy groups -OCH3 is 1. The van der Waals surface area contributed by atoms with Crippen molar-refractivity contribution in [3.8, 4) is 28.6 Å². The molecule has 31 heavy (non-hydrogen) atoms. The third-order valence-corrected chi connectivity index (χ3v) is 4.69. The van der Waals surface area contributed by atoms with Gasteiger partial charge in [0.25, 0.3) is 0 Å². The van der Waals surface area contributed by atoms with Crippen LogP contribution in [0.1, 0.15) is 12.6 Å². The number of nitrogens with one attached hydrogen (secondary N) is 1. The molecule has 8 nitrogen and oxygen atoms in total. The smallest absolute Gasteiger partial charge is 0.226 e. The van der Waals surface area contributed by atoms with Crippen LogP contribution in [0.25, 0.3) is 17.1 Å². The summed E-state index contributed by atoms with van der Waals surface area (Å²) in [5.41, 5.74) is 2.80. The van der Waals surface area contributed by atoms with Crippen molar-refractivity contribution in [1.29, 1.82) is 0 Å². The maximum absolute atomic E-state index is 14.3. The number of hydrogen-bond donors (Lipinski definition) is 1. The summed E-state index contributed by atoms with van der Waals surface area (Å²) in [6, 6.07) is 10.2. The van der Waals surface area contributed by atoms with E-state index in [0.29, 0.717) is 29.9 Å². The lowest BCUT2D eigenvalue weighted by molar-refractivity contribution is 0.340. The molecular formula is C22H23FN6O2. The van der Waals surface area contributed by atoms with E-state index >= 15 is 0 Å². The largest absolute Gasteiger partial charge is 0.495 e. The van der Waals surface area contributed by atoms with Crippen LogP contribution < -0.4 is 14.8 Å². The lowest BCUT2D eigenvalue weighted by Crippen LogP contribution is -2.02. The van der Waals surface area contributed by atoms with E-state index in [1.54, 1.807) is 37.3 Å². The van der Waals surface area contributed by atoms with Crippen molar-refractivity contribution in [3.63, 3.8) is 0 Å². The van der Waals surface area contributed by atoms with Crippen molar-refractivity contribution in [2.45, 2.75) is 13.8 Å². The fraction of sp³-hybridized carbons (Fsp3) is 0.227. The Morgan fingerprint density at radius 2 is 2.00 bits per heavy atom. The normalized spacial score (nSPS) is 10.9. The number of aryl methyl sites for hydroxylation is 2. The lowest BCUT2D eigenvalue weighted by Gasteiger charge is -2.10. The van der Waals surface area contributed by atoms with E-state index in [0.717, 1.165) is 16.9 Å². The zero-order valence-electron chi connectivity index (χ0n) is 17.8. The van der Waals surface area contributed by atoms with Gasteiger partial charge in [-0.05, 0) is 44.2 Å². The third kappa shape index (κ3) is 4.20. The van der Waals surface area contributed by atoms with Gasteiger partial charge in [0.15, 0.2) is 5.82 Å².